The van der Waals surface area contributed by atoms with Crippen molar-refractivity contribution in [2.24, 2.45) is 5.92 Å². The van der Waals surface area contributed by atoms with Crippen LogP contribution >= 0.6 is 0 Å². The van der Waals surface area contributed by atoms with Gasteiger partial charge < -0.3 is 10.0 Å². The molecule has 1 N–H and O–H groups in total. The number of carbonyl (C=O) groups excluding carboxylic acids is 1. The highest BCUT2D eigenvalue weighted by molar-refractivity contribution is 5.92. The van der Waals surface area contributed by atoms with E-state index in [-0.39, 0.29) is 12.3 Å². The first-order chi connectivity index (χ1) is 8.54. The van der Waals surface area contributed by atoms with Gasteiger partial charge in [0.15, 0.2) is 0 Å². The third-order valence-corrected chi connectivity index (χ3v) is 3.52. The molecule has 1 fully saturated rings. The summed E-state index contributed by atoms with van der Waals surface area (Å²) in [7, 11) is 0. The van der Waals surface area contributed by atoms with Crippen LogP contribution < -0.4 is 0 Å². The molecular weight excluding hydrogens is 230 g/mol. The van der Waals surface area contributed by atoms with Crippen molar-refractivity contribution in [1.29, 1.82) is 0 Å². The maximum atomic E-state index is 12.0. The predicted octanol–water partition coefficient (Wildman–Crippen LogP) is 2.45. The molecule has 1 heterocycles. The van der Waals surface area contributed by atoms with E-state index >= 15 is 0 Å². The van der Waals surface area contributed by atoms with Crippen molar-refractivity contribution in [3.8, 4) is 0 Å². The van der Waals surface area contributed by atoms with Gasteiger partial charge in [-0.1, -0.05) is 13.0 Å². The van der Waals surface area contributed by atoms with Crippen LogP contribution in [0.15, 0.2) is 11.6 Å². The quantitative estimate of drug-likeness (QED) is 0.766. The third kappa shape index (κ3) is 4.51. The predicted molar refractivity (Wildman–Crippen MR) is 70.2 cm³/mol. The summed E-state index contributed by atoms with van der Waals surface area (Å²) in [5, 5.41) is 8.64. The molecule has 1 rings (SSSR count). The van der Waals surface area contributed by atoms with Crippen molar-refractivity contribution in [2.75, 3.05) is 13.1 Å². The summed E-state index contributed by atoms with van der Waals surface area (Å²) >= 11 is 0. The fraction of sp³-hybridized carbons (Fsp3) is 0.714. The number of aliphatic carboxylic acids is 1. The SMILES string of the molecule is CC/C=C(/C)C(=O)N1CCC(CCC(=O)O)CC1. The van der Waals surface area contributed by atoms with E-state index in [0.29, 0.717) is 5.92 Å². The van der Waals surface area contributed by atoms with E-state index in [4.69, 9.17) is 5.11 Å². The Kier molecular flexibility index (Phi) is 5.89. The van der Waals surface area contributed by atoms with Gasteiger partial charge in [0.2, 0.25) is 5.91 Å². The summed E-state index contributed by atoms with van der Waals surface area (Å²) in [5.74, 6) is -0.135. The molecule has 0 bridgehead atoms. The van der Waals surface area contributed by atoms with E-state index in [1.165, 1.54) is 0 Å². The Morgan fingerprint density at radius 2 is 1.94 bits per heavy atom. The molecule has 102 valence electrons. The third-order valence-electron chi connectivity index (χ3n) is 3.52. The molecule has 18 heavy (non-hydrogen) atoms. The molecule has 4 nitrogen and oxygen atoms in total. The lowest BCUT2D eigenvalue weighted by Gasteiger charge is -2.32. The van der Waals surface area contributed by atoms with Crippen molar-refractivity contribution >= 4 is 11.9 Å². The first-order valence-electron chi connectivity index (χ1n) is 6.72. The van der Waals surface area contributed by atoms with Gasteiger partial charge in [-0.3, -0.25) is 9.59 Å². The first-order valence-corrected chi connectivity index (χ1v) is 6.72. The molecule has 1 aliphatic heterocycles. The van der Waals surface area contributed by atoms with E-state index in [0.717, 1.165) is 44.3 Å². The normalized spacial score (nSPS) is 17.9. The molecule has 0 atom stereocenters. The van der Waals surface area contributed by atoms with E-state index in [1.54, 1.807) is 0 Å². The molecule has 1 amide bonds. The smallest absolute Gasteiger partial charge is 0.303 e. The second-order valence-electron chi connectivity index (χ2n) is 4.96. The van der Waals surface area contributed by atoms with Crippen LogP contribution in [0.2, 0.25) is 0 Å². The zero-order valence-corrected chi connectivity index (χ0v) is 11.3. The van der Waals surface area contributed by atoms with E-state index in [1.807, 2.05) is 24.8 Å². The molecule has 1 aliphatic rings. The van der Waals surface area contributed by atoms with E-state index in [2.05, 4.69) is 0 Å². The summed E-state index contributed by atoms with van der Waals surface area (Å²) < 4.78 is 0. The molecule has 0 saturated carbocycles. The number of carboxylic acid groups (broad SMARTS) is 1. The molecule has 4 heteroatoms. The summed E-state index contributed by atoms with van der Waals surface area (Å²) in [6.45, 7) is 5.41. The number of hydrogen-bond donors (Lipinski definition) is 1. The lowest BCUT2D eigenvalue weighted by Crippen LogP contribution is -2.39. The molecule has 0 radical (unpaired) electrons. The van der Waals surface area contributed by atoms with Gasteiger partial charge in [0.05, 0.1) is 0 Å². The van der Waals surface area contributed by atoms with Crippen molar-refractivity contribution in [1.82, 2.24) is 4.90 Å². The van der Waals surface area contributed by atoms with Gasteiger partial charge >= 0.3 is 5.97 Å². The molecule has 0 aromatic heterocycles. The summed E-state index contributed by atoms with van der Waals surface area (Å²) in [6.07, 6.45) is 5.68. The van der Waals surface area contributed by atoms with Gasteiger partial charge in [-0.2, -0.15) is 0 Å². The van der Waals surface area contributed by atoms with Crippen molar-refractivity contribution < 1.29 is 14.7 Å². The molecule has 0 unspecified atom stereocenters. The maximum absolute atomic E-state index is 12.0. The number of piperidine rings is 1. The summed E-state index contributed by atoms with van der Waals surface area (Å²) in [4.78, 5) is 24.4. The fourth-order valence-corrected chi connectivity index (χ4v) is 2.40. The average Bonchev–Trinajstić information content (AvgIpc) is 2.36. The Balaban J connectivity index is 2.37. The van der Waals surface area contributed by atoms with Crippen molar-refractivity contribution in [2.45, 2.75) is 46.0 Å². The number of nitrogens with zero attached hydrogens (tertiary/aromatic N) is 1. The summed E-state index contributed by atoms with van der Waals surface area (Å²) in [5.41, 5.74) is 0.821. The Labute approximate surface area is 109 Å². The number of amides is 1. The molecule has 0 aromatic rings. The van der Waals surface area contributed by atoms with Gasteiger partial charge in [-0.15, -0.1) is 0 Å². The van der Waals surface area contributed by atoms with E-state index in [9.17, 15) is 9.59 Å². The van der Waals surface area contributed by atoms with Crippen LogP contribution in [-0.4, -0.2) is 35.0 Å². The van der Waals surface area contributed by atoms with Crippen molar-refractivity contribution in [3.63, 3.8) is 0 Å². The van der Waals surface area contributed by atoms with Gasteiger partial charge in [0.1, 0.15) is 0 Å². The lowest BCUT2D eigenvalue weighted by atomic mass is 9.92. The highest BCUT2D eigenvalue weighted by atomic mass is 16.4. The van der Waals surface area contributed by atoms with Gasteiger partial charge in [-0.05, 0) is 38.5 Å². The lowest BCUT2D eigenvalue weighted by molar-refractivity contribution is -0.137. The minimum absolute atomic E-state index is 0.133. The number of rotatable bonds is 5. The highest BCUT2D eigenvalue weighted by Crippen LogP contribution is 2.22. The summed E-state index contributed by atoms with van der Waals surface area (Å²) in [6, 6.07) is 0. The zero-order valence-electron chi connectivity index (χ0n) is 11.3. The minimum Gasteiger partial charge on any atom is -0.481 e. The first kappa shape index (κ1) is 14.7. The Bertz CT molecular complexity index is 328. The Hall–Kier alpha value is -1.32. The number of carbonyl (C=O) groups is 2. The number of carboxylic acids is 1. The fourth-order valence-electron chi connectivity index (χ4n) is 2.40. The number of allylic oxidation sites excluding steroid dienone is 1. The molecule has 0 spiro atoms. The van der Waals surface area contributed by atoms with Gasteiger partial charge in [-0.25, -0.2) is 0 Å². The van der Waals surface area contributed by atoms with Gasteiger partial charge in [0, 0.05) is 25.1 Å². The number of hydrogen-bond acceptors (Lipinski definition) is 2. The minimum atomic E-state index is -0.727. The maximum Gasteiger partial charge on any atom is 0.303 e. The average molecular weight is 253 g/mol. The van der Waals surface area contributed by atoms with Crippen LogP contribution in [-0.2, 0) is 9.59 Å². The van der Waals surface area contributed by atoms with Crippen LogP contribution in [0.5, 0.6) is 0 Å². The zero-order chi connectivity index (χ0) is 13.5. The second kappa shape index (κ2) is 7.19. The monoisotopic (exact) mass is 253 g/mol. The van der Waals surface area contributed by atoms with Crippen LogP contribution in [0.1, 0.15) is 46.0 Å². The molecule has 0 aliphatic carbocycles. The Morgan fingerprint density at radius 1 is 1.33 bits per heavy atom. The Morgan fingerprint density at radius 3 is 2.44 bits per heavy atom. The standard InChI is InChI=1S/C14H23NO3/c1-3-4-11(2)14(18)15-9-7-12(8-10-15)5-6-13(16)17/h4,12H,3,5-10H2,1-2H3,(H,16,17)/b11-4-. The molecular formula is C14H23NO3. The number of likely N-dealkylation sites (tertiary alicyclic amines) is 1. The molecule has 0 aromatic carbocycles. The topological polar surface area (TPSA) is 57.6 Å². The molecule has 1 saturated heterocycles. The second-order valence-corrected chi connectivity index (χ2v) is 4.96. The largest absolute Gasteiger partial charge is 0.481 e. The van der Waals surface area contributed by atoms with Crippen LogP contribution in [0.25, 0.3) is 0 Å². The highest BCUT2D eigenvalue weighted by Gasteiger charge is 2.23. The van der Waals surface area contributed by atoms with Crippen LogP contribution in [0.3, 0.4) is 0 Å². The van der Waals surface area contributed by atoms with Crippen LogP contribution in [0.4, 0.5) is 0 Å². The van der Waals surface area contributed by atoms with Crippen molar-refractivity contribution in [3.05, 3.63) is 11.6 Å². The van der Waals surface area contributed by atoms with Gasteiger partial charge in [0.25, 0.3) is 0 Å². The van der Waals surface area contributed by atoms with Crippen LogP contribution in [0, 0.1) is 5.92 Å². The van der Waals surface area contributed by atoms with E-state index < -0.39 is 5.97 Å².